The van der Waals surface area contributed by atoms with E-state index in [1.54, 1.807) is 0 Å². The van der Waals surface area contributed by atoms with Crippen molar-refractivity contribution in [2.45, 2.75) is 12.8 Å². The van der Waals surface area contributed by atoms with Gasteiger partial charge in [-0.3, -0.25) is 4.79 Å². The lowest BCUT2D eigenvalue weighted by molar-refractivity contribution is 0.0747. The first kappa shape index (κ1) is 16.0. The fraction of sp³-hybridized carbons (Fsp3) is 0.533. The van der Waals surface area contributed by atoms with Crippen molar-refractivity contribution in [1.82, 2.24) is 9.80 Å². The van der Waals surface area contributed by atoms with Crippen LogP contribution < -0.4 is 0 Å². The van der Waals surface area contributed by atoms with Crippen molar-refractivity contribution in [3.05, 3.63) is 32.7 Å². The van der Waals surface area contributed by atoms with Gasteiger partial charge in [-0.1, -0.05) is 31.9 Å². The fourth-order valence-electron chi connectivity index (χ4n) is 2.61. The SMILES string of the molecule is CN1CCC(CN(C)C(=O)c2cc(Br)cc(Br)c2)CC1. The second kappa shape index (κ2) is 7.05. The Kier molecular flexibility index (Phi) is 5.64. The normalized spacial score (nSPS) is 17.2. The first-order valence-corrected chi connectivity index (χ1v) is 8.44. The number of piperidine rings is 1. The van der Waals surface area contributed by atoms with E-state index in [1.165, 1.54) is 12.8 Å². The van der Waals surface area contributed by atoms with E-state index in [0.717, 1.165) is 34.1 Å². The molecule has 0 spiro atoms. The number of nitrogens with zero attached hydrogens (tertiary/aromatic N) is 2. The monoisotopic (exact) mass is 402 g/mol. The lowest BCUT2D eigenvalue weighted by atomic mass is 9.96. The zero-order valence-corrected chi connectivity index (χ0v) is 15.1. The Bertz CT molecular complexity index is 465. The summed E-state index contributed by atoms with van der Waals surface area (Å²) in [7, 11) is 4.06. The molecule has 110 valence electrons. The van der Waals surface area contributed by atoms with Gasteiger partial charge in [0.15, 0.2) is 0 Å². The number of amides is 1. The molecule has 20 heavy (non-hydrogen) atoms. The van der Waals surface area contributed by atoms with Gasteiger partial charge in [0.1, 0.15) is 0 Å². The smallest absolute Gasteiger partial charge is 0.253 e. The molecule has 2 rings (SSSR count). The van der Waals surface area contributed by atoms with Gasteiger partial charge >= 0.3 is 0 Å². The minimum absolute atomic E-state index is 0.0888. The maximum Gasteiger partial charge on any atom is 0.253 e. The summed E-state index contributed by atoms with van der Waals surface area (Å²) >= 11 is 6.86. The third-order valence-electron chi connectivity index (χ3n) is 3.83. The first-order chi connectivity index (χ1) is 9.45. The third-order valence-corrected chi connectivity index (χ3v) is 4.74. The van der Waals surface area contributed by atoms with Gasteiger partial charge in [-0.2, -0.15) is 0 Å². The van der Waals surface area contributed by atoms with E-state index >= 15 is 0 Å². The Morgan fingerprint density at radius 1 is 1.25 bits per heavy atom. The Hall–Kier alpha value is -0.390. The van der Waals surface area contributed by atoms with Crippen LogP contribution >= 0.6 is 31.9 Å². The summed E-state index contributed by atoms with van der Waals surface area (Å²) in [5.74, 6) is 0.710. The second-order valence-electron chi connectivity index (χ2n) is 5.59. The summed E-state index contributed by atoms with van der Waals surface area (Å²) in [6.45, 7) is 3.11. The number of rotatable bonds is 3. The van der Waals surface area contributed by atoms with Crippen molar-refractivity contribution in [2.75, 3.05) is 33.7 Å². The molecule has 1 heterocycles. The minimum Gasteiger partial charge on any atom is -0.341 e. The highest BCUT2D eigenvalue weighted by Gasteiger charge is 2.21. The maximum atomic E-state index is 12.5. The summed E-state index contributed by atoms with van der Waals surface area (Å²) < 4.78 is 1.84. The molecule has 0 aliphatic carbocycles. The van der Waals surface area contributed by atoms with Crippen molar-refractivity contribution in [2.24, 2.45) is 5.92 Å². The zero-order chi connectivity index (χ0) is 14.7. The minimum atomic E-state index is 0.0888. The lowest BCUT2D eigenvalue weighted by Crippen LogP contribution is -2.37. The Labute approximate surface area is 137 Å². The maximum absolute atomic E-state index is 12.5. The molecule has 0 atom stereocenters. The molecule has 1 aromatic carbocycles. The number of likely N-dealkylation sites (tertiary alicyclic amines) is 1. The molecule has 5 heteroatoms. The number of carbonyl (C=O) groups excluding carboxylic acids is 1. The third kappa shape index (κ3) is 4.30. The highest BCUT2D eigenvalue weighted by atomic mass is 79.9. The number of benzene rings is 1. The predicted octanol–water partition coefficient (Wildman–Crippen LogP) is 3.63. The molecule has 0 N–H and O–H groups in total. The van der Waals surface area contributed by atoms with Gasteiger partial charge in [0.05, 0.1) is 0 Å². The largest absolute Gasteiger partial charge is 0.341 e. The number of carbonyl (C=O) groups is 1. The molecule has 0 radical (unpaired) electrons. The van der Waals surface area contributed by atoms with Crippen molar-refractivity contribution in [1.29, 1.82) is 0 Å². The highest BCUT2D eigenvalue weighted by Crippen LogP contribution is 2.22. The summed E-state index contributed by atoms with van der Waals surface area (Å²) in [4.78, 5) is 16.7. The van der Waals surface area contributed by atoms with E-state index in [2.05, 4.69) is 43.8 Å². The number of hydrogen-bond donors (Lipinski definition) is 0. The van der Waals surface area contributed by atoms with Crippen molar-refractivity contribution < 1.29 is 4.79 Å². The van der Waals surface area contributed by atoms with Crippen LogP contribution in [0.25, 0.3) is 0 Å². The Balaban J connectivity index is 1.98. The molecule has 1 aliphatic heterocycles. The van der Waals surface area contributed by atoms with Crippen LogP contribution in [-0.2, 0) is 0 Å². The second-order valence-corrected chi connectivity index (χ2v) is 7.42. The summed E-state index contributed by atoms with van der Waals surface area (Å²) in [6, 6.07) is 5.68. The Morgan fingerprint density at radius 2 is 1.80 bits per heavy atom. The van der Waals surface area contributed by atoms with Crippen LogP contribution in [0.2, 0.25) is 0 Å². The molecule has 0 saturated carbocycles. The van der Waals surface area contributed by atoms with Crippen LogP contribution in [0.3, 0.4) is 0 Å². The quantitative estimate of drug-likeness (QED) is 0.769. The molecule has 0 unspecified atom stereocenters. The molecule has 1 aromatic rings. The molecule has 1 saturated heterocycles. The van der Waals surface area contributed by atoms with E-state index in [4.69, 9.17) is 0 Å². The predicted molar refractivity (Wildman–Crippen MR) is 89.0 cm³/mol. The van der Waals surface area contributed by atoms with Gasteiger partial charge in [-0.25, -0.2) is 0 Å². The molecule has 1 aliphatic rings. The molecule has 3 nitrogen and oxygen atoms in total. The summed E-state index contributed by atoms with van der Waals surface area (Å²) in [6.07, 6.45) is 2.35. The average Bonchev–Trinajstić information content (AvgIpc) is 2.39. The van der Waals surface area contributed by atoms with E-state index in [9.17, 15) is 4.79 Å². The van der Waals surface area contributed by atoms with E-state index < -0.39 is 0 Å². The number of hydrogen-bond acceptors (Lipinski definition) is 2. The van der Waals surface area contributed by atoms with Crippen molar-refractivity contribution in [3.63, 3.8) is 0 Å². The van der Waals surface area contributed by atoms with Crippen LogP contribution in [0.5, 0.6) is 0 Å². The van der Waals surface area contributed by atoms with Gasteiger partial charge in [-0.15, -0.1) is 0 Å². The van der Waals surface area contributed by atoms with Crippen LogP contribution in [0, 0.1) is 5.92 Å². The molecule has 1 amide bonds. The lowest BCUT2D eigenvalue weighted by Gasteiger charge is -2.31. The van der Waals surface area contributed by atoms with Crippen LogP contribution in [0.4, 0.5) is 0 Å². The van der Waals surface area contributed by atoms with E-state index in [-0.39, 0.29) is 5.91 Å². The van der Waals surface area contributed by atoms with Crippen LogP contribution in [-0.4, -0.2) is 49.4 Å². The van der Waals surface area contributed by atoms with Crippen molar-refractivity contribution >= 4 is 37.8 Å². The van der Waals surface area contributed by atoms with Crippen molar-refractivity contribution in [3.8, 4) is 0 Å². The first-order valence-electron chi connectivity index (χ1n) is 6.86. The molecular formula is C15H20Br2N2O. The zero-order valence-electron chi connectivity index (χ0n) is 11.9. The highest BCUT2D eigenvalue weighted by molar-refractivity contribution is 9.11. The van der Waals surface area contributed by atoms with Crippen LogP contribution in [0.15, 0.2) is 27.1 Å². The van der Waals surface area contributed by atoms with Gasteiger partial charge < -0.3 is 9.80 Å². The van der Waals surface area contributed by atoms with Gasteiger partial charge in [0.25, 0.3) is 5.91 Å². The summed E-state index contributed by atoms with van der Waals surface area (Å²) in [5.41, 5.74) is 0.724. The van der Waals surface area contributed by atoms with Gasteiger partial charge in [0.2, 0.25) is 0 Å². The average molecular weight is 404 g/mol. The standard InChI is InChI=1S/C15H20Br2N2O/c1-18-5-3-11(4-6-18)10-19(2)15(20)12-7-13(16)9-14(17)8-12/h7-9,11H,3-6,10H2,1-2H3. The van der Waals surface area contributed by atoms with Gasteiger partial charge in [0, 0.05) is 28.1 Å². The molecular weight excluding hydrogens is 384 g/mol. The fourth-order valence-corrected chi connectivity index (χ4v) is 3.91. The molecule has 0 bridgehead atoms. The van der Waals surface area contributed by atoms with Crippen LogP contribution in [0.1, 0.15) is 23.2 Å². The molecule has 1 fully saturated rings. The number of halogens is 2. The topological polar surface area (TPSA) is 23.6 Å². The van der Waals surface area contributed by atoms with E-state index in [0.29, 0.717) is 5.92 Å². The summed E-state index contributed by atoms with van der Waals surface area (Å²) in [5, 5.41) is 0. The van der Waals surface area contributed by atoms with E-state index in [1.807, 2.05) is 30.1 Å². The van der Waals surface area contributed by atoms with Gasteiger partial charge in [-0.05, 0) is 57.1 Å². The Morgan fingerprint density at radius 3 is 2.35 bits per heavy atom. The molecule has 0 aromatic heterocycles.